The summed E-state index contributed by atoms with van der Waals surface area (Å²) in [5, 5.41) is 0.251. The van der Waals surface area contributed by atoms with Gasteiger partial charge >= 0.3 is 10.1 Å². The fourth-order valence-electron chi connectivity index (χ4n) is 0.898. The molecule has 2 radical (unpaired) electrons. The van der Waals surface area contributed by atoms with Crippen LogP contribution in [0.3, 0.4) is 0 Å². The van der Waals surface area contributed by atoms with Gasteiger partial charge in [-0.3, -0.25) is 4.18 Å². The summed E-state index contributed by atoms with van der Waals surface area (Å²) in [7, 11) is 1.96. The number of methoxy groups -OCH3 is 1. The van der Waals surface area contributed by atoms with Crippen molar-refractivity contribution in [2.24, 2.45) is 0 Å². The van der Waals surface area contributed by atoms with Crippen molar-refractivity contribution in [1.82, 2.24) is 0 Å². The van der Waals surface area contributed by atoms with Gasteiger partial charge in [-0.1, -0.05) is 11.6 Å². The van der Waals surface area contributed by atoms with E-state index in [9.17, 15) is 8.42 Å². The minimum atomic E-state index is -4.00. The van der Waals surface area contributed by atoms with Gasteiger partial charge in [0.15, 0.2) is 0 Å². The van der Waals surface area contributed by atoms with Gasteiger partial charge in [0.25, 0.3) is 0 Å². The molecule has 1 aromatic rings. The highest BCUT2D eigenvalue weighted by Gasteiger charge is 2.19. The Morgan fingerprint density at radius 2 is 2.07 bits per heavy atom. The summed E-state index contributed by atoms with van der Waals surface area (Å²) >= 11 is 5.62. The molecule has 0 spiro atoms. The van der Waals surface area contributed by atoms with Crippen LogP contribution in [0.5, 0.6) is 5.75 Å². The fourth-order valence-corrected chi connectivity index (χ4v) is 1.91. The van der Waals surface area contributed by atoms with Crippen molar-refractivity contribution in [3.05, 3.63) is 30.3 Å². The minimum absolute atomic E-state index is 0.125. The third-order valence-corrected chi connectivity index (χ3v) is 2.87. The van der Waals surface area contributed by atoms with E-state index in [-0.39, 0.29) is 15.7 Å². The van der Waals surface area contributed by atoms with Gasteiger partial charge in [0, 0.05) is 5.02 Å². The second-order valence-electron chi connectivity index (χ2n) is 2.35. The monoisotopic (exact) mass is 234 g/mol. The third-order valence-electron chi connectivity index (χ3n) is 1.52. The first-order valence-corrected chi connectivity index (χ1v) is 5.27. The molecule has 0 amide bonds. The normalized spacial score (nSPS) is 11.4. The summed E-state index contributed by atoms with van der Waals surface area (Å²) in [4.78, 5) is -0.199. The van der Waals surface area contributed by atoms with Crippen molar-refractivity contribution >= 4 is 21.7 Å². The quantitative estimate of drug-likeness (QED) is 0.748. The molecule has 0 saturated carbocycles. The molecule has 0 N–H and O–H groups in total. The molecule has 0 bridgehead atoms. The Kier molecular flexibility index (Phi) is 3.36. The Hall–Kier alpha value is -0.780. The highest BCUT2D eigenvalue weighted by Crippen LogP contribution is 2.27. The maximum atomic E-state index is 11.2. The Morgan fingerprint density at radius 1 is 1.43 bits per heavy atom. The van der Waals surface area contributed by atoms with Gasteiger partial charge in [-0.15, -0.1) is 0 Å². The molecule has 0 aliphatic carbocycles. The second-order valence-corrected chi connectivity index (χ2v) is 4.32. The number of hydrogen-bond donors (Lipinski definition) is 0. The predicted octanol–water partition coefficient (Wildman–Crippen LogP) is 1.72. The lowest BCUT2D eigenvalue weighted by molar-refractivity contribution is 0.392. The van der Waals surface area contributed by atoms with Crippen molar-refractivity contribution in [1.29, 1.82) is 0 Å². The Bertz CT molecular complexity index is 427. The molecule has 0 aliphatic rings. The maximum Gasteiger partial charge on any atom is 0.301 e. The van der Waals surface area contributed by atoms with Crippen LogP contribution in [0.25, 0.3) is 0 Å². The topological polar surface area (TPSA) is 52.6 Å². The fraction of sp³-hybridized carbons (Fsp3) is 0.125. The van der Waals surface area contributed by atoms with Crippen molar-refractivity contribution in [3.8, 4) is 5.75 Å². The van der Waals surface area contributed by atoms with Crippen LogP contribution in [0.15, 0.2) is 23.1 Å². The van der Waals surface area contributed by atoms with Crippen LogP contribution >= 0.6 is 11.6 Å². The number of halogens is 1. The highest BCUT2D eigenvalue weighted by atomic mass is 35.5. The van der Waals surface area contributed by atoms with Crippen LogP contribution < -0.4 is 4.74 Å². The van der Waals surface area contributed by atoms with E-state index in [2.05, 4.69) is 11.3 Å². The van der Waals surface area contributed by atoms with Crippen molar-refractivity contribution in [3.63, 3.8) is 0 Å². The first kappa shape index (κ1) is 11.3. The van der Waals surface area contributed by atoms with E-state index >= 15 is 0 Å². The van der Waals surface area contributed by atoms with Gasteiger partial charge < -0.3 is 4.74 Å². The predicted molar refractivity (Wildman–Crippen MR) is 50.6 cm³/mol. The minimum Gasteiger partial charge on any atom is -0.495 e. The molecule has 0 aliphatic heterocycles. The van der Waals surface area contributed by atoms with Gasteiger partial charge in [0.1, 0.15) is 17.8 Å². The smallest absolute Gasteiger partial charge is 0.301 e. The molecule has 0 unspecified atom stereocenters. The van der Waals surface area contributed by atoms with Gasteiger partial charge in [-0.2, -0.15) is 8.42 Å². The van der Waals surface area contributed by atoms with E-state index < -0.39 is 10.1 Å². The molecule has 0 fully saturated rings. The molecule has 0 saturated heterocycles. The lowest BCUT2D eigenvalue weighted by Crippen LogP contribution is -2.03. The molecule has 14 heavy (non-hydrogen) atoms. The van der Waals surface area contributed by atoms with Crippen molar-refractivity contribution < 1.29 is 17.3 Å². The van der Waals surface area contributed by atoms with E-state index in [1.165, 1.54) is 25.3 Å². The van der Waals surface area contributed by atoms with Crippen LogP contribution in [-0.2, 0) is 14.3 Å². The standard InChI is InChI=1S/C8H7ClO4S/c1-12-7-4-3-6(9)5-8(7)14(10,11)13-2/h2-5H,1H3. The Balaban J connectivity index is 3.39. The summed E-state index contributed by atoms with van der Waals surface area (Å²) < 4.78 is 31.2. The van der Waals surface area contributed by atoms with Crippen LogP contribution in [0.1, 0.15) is 0 Å². The summed E-state index contributed by atoms with van der Waals surface area (Å²) in [6.07, 6.45) is 0. The van der Waals surface area contributed by atoms with Crippen LogP contribution in [0, 0.1) is 7.11 Å². The molecule has 0 heterocycles. The summed E-state index contributed by atoms with van der Waals surface area (Å²) in [6.45, 7) is 0. The zero-order valence-corrected chi connectivity index (χ0v) is 8.80. The summed E-state index contributed by atoms with van der Waals surface area (Å²) in [6, 6.07) is 4.10. The zero-order chi connectivity index (χ0) is 10.8. The van der Waals surface area contributed by atoms with Crippen LogP contribution in [0.4, 0.5) is 0 Å². The van der Waals surface area contributed by atoms with Crippen molar-refractivity contribution in [2.45, 2.75) is 4.90 Å². The molecular weight excluding hydrogens is 228 g/mol. The van der Waals surface area contributed by atoms with Crippen LogP contribution in [0.2, 0.25) is 5.02 Å². The van der Waals surface area contributed by atoms with E-state index in [1.807, 2.05) is 0 Å². The molecule has 4 nitrogen and oxygen atoms in total. The first-order valence-electron chi connectivity index (χ1n) is 3.48. The summed E-state index contributed by atoms with van der Waals surface area (Å²) in [5.41, 5.74) is 0. The molecule has 6 heteroatoms. The number of rotatable bonds is 3. The van der Waals surface area contributed by atoms with Gasteiger partial charge in [-0.05, 0) is 18.2 Å². The van der Waals surface area contributed by atoms with E-state index in [4.69, 9.17) is 16.3 Å². The number of ether oxygens (including phenoxy) is 1. The lowest BCUT2D eigenvalue weighted by Gasteiger charge is -2.07. The Labute approximate surface area is 87.5 Å². The largest absolute Gasteiger partial charge is 0.495 e. The zero-order valence-electron chi connectivity index (χ0n) is 7.23. The van der Waals surface area contributed by atoms with Gasteiger partial charge in [0.05, 0.1) is 7.11 Å². The molecule has 1 aromatic carbocycles. The van der Waals surface area contributed by atoms with E-state index in [0.29, 0.717) is 0 Å². The average Bonchev–Trinajstić information content (AvgIpc) is 2.18. The van der Waals surface area contributed by atoms with E-state index in [0.717, 1.165) is 0 Å². The average molecular weight is 235 g/mol. The first-order chi connectivity index (χ1) is 6.51. The number of benzene rings is 1. The van der Waals surface area contributed by atoms with Gasteiger partial charge in [-0.25, -0.2) is 0 Å². The number of hydrogen-bond acceptors (Lipinski definition) is 4. The molecule has 0 aromatic heterocycles. The van der Waals surface area contributed by atoms with Gasteiger partial charge in [0.2, 0.25) is 0 Å². The lowest BCUT2D eigenvalue weighted by atomic mass is 10.3. The second kappa shape index (κ2) is 4.16. The van der Waals surface area contributed by atoms with E-state index in [1.54, 1.807) is 0 Å². The molecule has 0 atom stereocenters. The third kappa shape index (κ3) is 2.17. The Morgan fingerprint density at radius 3 is 2.57 bits per heavy atom. The molecular formula is C8H7ClO4S. The maximum absolute atomic E-state index is 11.2. The SMILES string of the molecule is [CH]OS(=O)(=O)c1cc(Cl)ccc1OC. The highest BCUT2D eigenvalue weighted by molar-refractivity contribution is 7.86. The molecule has 1 rings (SSSR count). The molecule has 76 valence electrons. The summed E-state index contributed by atoms with van der Waals surface area (Å²) in [5.74, 6) is 0.125. The van der Waals surface area contributed by atoms with Crippen molar-refractivity contribution in [2.75, 3.05) is 7.11 Å². The van der Waals surface area contributed by atoms with Crippen LogP contribution in [-0.4, -0.2) is 15.5 Å².